The number of rotatable bonds is 2. The van der Waals surface area contributed by atoms with Gasteiger partial charge in [0.1, 0.15) is 17.4 Å². The standard InChI is InChI=1S/C18H21ClFN3O2/c1-18(2,3)17-21-14-4-5-23(9-12(14)16(25)22-17)8-10-6-11(20)7-13(19)15(10)24/h6-7,24H,4-5,8-9H2,1-3H3,(H,21,22,25). The molecule has 0 spiro atoms. The minimum absolute atomic E-state index is 0.0123. The number of nitrogens with zero attached hydrogens (tertiary/aromatic N) is 2. The van der Waals surface area contributed by atoms with Gasteiger partial charge in [-0.25, -0.2) is 9.37 Å². The summed E-state index contributed by atoms with van der Waals surface area (Å²) in [5.41, 5.74) is 1.48. The van der Waals surface area contributed by atoms with E-state index in [1.807, 2.05) is 25.7 Å². The number of aromatic nitrogens is 2. The first-order valence-electron chi connectivity index (χ1n) is 8.17. The Bertz CT molecular complexity index is 874. The normalized spacial score (nSPS) is 15.2. The van der Waals surface area contributed by atoms with E-state index >= 15 is 0 Å². The van der Waals surface area contributed by atoms with Crippen LogP contribution in [0.25, 0.3) is 0 Å². The summed E-state index contributed by atoms with van der Waals surface area (Å²) in [6.07, 6.45) is 0.631. The Morgan fingerprint density at radius 1 is 1.40 bits per heavy atom. The molecule has 0 aliphatic carbocycles. The van der Waals surface area contributed by atoms with Crippen LogP contribution in [0.2, 0.25) is 5.02 Å². The van der Waals surface area contributed by atoms with Crippen molar-refractivity contribution < 1.29 is 9.50 Å². The molecular weight excluding hydrogens is 345 g/mol. The zero-order valence-electron chi connectivity index (χ0n) is 14.5. The maximum absolute atomic E-state index is 13.5. The number of aromatic hydroxyl groups is 1. The molecule has 0 saturated carbocycles. The summed E-state index contributed by atoms with van der Waals surface area (Å²) in [5, 5.41) is 10.0. The van der Waals surface area contributed by atoms with Gasteiger partial charge in [-0.3, -0.25) is 9.69 Å². The van der Waals surface area contributed by atoms with E-state index in [-0.39, 0.29) is 21.7 Å². The molecule has 0 saturated heterocycles. The lowest BCUT2D eigenvalue weighted by Gasteiger charge is -2.29. The van der Waals surface area contributed by atoms with E-state index in [0.29, 0.717) is 43.0 Å². The number of phenolic OH excluding ortho intramolecular Hbond substituents is 1. The third kappa shape index (κ3) is 3.70. The third-order valence-corrected chi connectivity index (χ3v) is 4.65. The van der Waals surface area contributed by atoms with Gasteiger partial charge in [-0.2, -0.15) is 0 Å². The second-order valence-corrected chi connectivity index (χ2v) is 7.85. The molecule has 1 aromatic heterocycles. The van der Waals surface area contributed by atoms with Crippen LogP contribution in [0.15, 0.2) is 16.9 Å². The van der Waals surface area contributed by atoms with Crippen LogP contribution in [0.1, 0.15) is 43.4 Å². The van der Waals surface area contributed by atoms with Crippen molar-refractivity contribution in [2.45, 2.75) is 45.7 Å². The Kier molecular flexibility index (Phi) is 4.60. The van der Waals surface area contributed by atoms with Crippen molar-refractivity contribution in [2.75, 3.05) is 6.54 Å². The summed E-state index contributed by atoms with van der Waals surface area (Å²) in [7, 11) is 0. The maximum atomic E-state index is 13.5. The van der Waals surface area contributed by atoms with Crippen molar-refractivity contribution in [1.29, 1.82) is 0 Å². The SMILES string of the molecule is CC(C)(C)c1nc2c(c(=O)[nH]1)CN(Cc1cc(F)cc(Cl)c1O)CC2. The summed E-state index contributed by atoms with van der Waals surface area (Å²) >= 11 is 5.83. The van der Waals surface area contributed by atoms with Gasteiger partial charge < -0.3 is 10.1 Å². The smallest absolute Gasteiger partial charge is 0.255 e. The van der Waals surface area contributed by atoms with Crippen LogP contribution in [-0.4, -0.2) is 26.5 Å². The number of phenols is 1. The van der Waals surface area contributed by atoms with Gasteiger partial charge in [0.15, 0.2) is 0 Å². The van der Waals surface area contributed by atoms with Gasteiger partial charge in [0.2, 0.25) is 0 Å². The Morgan fingerprint density at radius 2 is 2.12 bits per heavy atom. The zero-order valence-corrected chi connectivity index (χ0v) is 15.2. The van der Waals surface area contributed by atoms with Crippen LogP contribution in [0.4, 0.5) is 4.39 Å². The fourth-order valence-electron chi connectivity index (χ4n) is 2.95. The Hall–Kier alpha value is -1.92. The largest absolute Gasteiger partial charge is 0.506 e. The highest BCUT2D eigenvalue weighted by atomic mass is 35.5. The van der Waals surface area contributed by atoms with Gasteiger partial charge in [-0.05, 0) is 12.1 Å². The maximum Gasteiger partial charge on any atom is 0.255 e. The minimum Gasteiger partial charge on any atom is -0.506 e. The third-order valence-electron chi connectivity index (χ3n) is 4.36. The van der Waals surface area contributed by atoms with Crippen LogP contribution in [0.3, 0.4) is 0 Å². The van der Waals surface area contributed by atoms with Crippen molar-refractivity contribution in [3.63, 3.8) is 0 Å². The van der Waals surface area contributed by atoms with Crippen LogP contribution < -0.4 is 5.56 Å². The number of hydrogen-bond acceptors (Lipinski definition) is 4. The van der Waals surface area contributed by atoms with Gasteiger partial charge >= 0.3 is 0 Å². The molecule has 2 aromatic rings. The van der Waals surface area contributed by atoms with Gasteiger partial charge in [-0.1, -0.05) is 32.4 Å². The highest BCUT2D eigenvalue weighted by molar-refractivity contribution is 6.32. The fourth-order valence-corrected chi connectivity index (χ4v) is 3.18. The van der Waals surface area contributed by atoms with Crippen molar-refractivity contribution >= 4 is 11.6 Å². The minimum atomic E-state index is -0.496. The van der Waals surface area contributed by atoms with Crippen molar-refractivity contribution in [2.24, 2.45) is 0 Å². The van der Waals surface area contributed by atoms with Crippen molar-refractivity contribution in [3.05, 3.63) is 56.0 Å². The summed E-state index contributed by atoms with van der Waals surface area (Å²) < 4.78 is 13.5. The van der Waals surface area contributed by atoms with Crippen LogP contribution in [-0.2, 0) is 24.9 Å². The molecule has 2 N–H and O–H groups in total. The lowest BCUT2D eigenvalue weighted by Crippen LogP contribution is -2.37. The van der Waals surface area contributed by atoms with Gasteiger partial charge in [0.25, 0.3) is 5.56 Å². The predicted molar refractivity (Wildman–Crippen MR) is 94.5 cm³/mol. The average molecular weight is 366 g/mol. The number of benzene rings is 1. The molecule has 7 heteroatoms. The highest BCUT2D eigenvalue weighted by Crippen LogP contribution is 2.30. The summed E-state index contributed by atoms with van der Waals surface area (Å²) in [6.45, 7) is 7.38. The van der Waals surface area contributed by atoms with E-state index in [9.17, 15) is 14.3 Å². The first-order valence-corrected chi connectivity index (χ1v) is 8.54. The molecule has 5 nitrogen and oxygen atoms in total. The number of fused-ring (bicyclic) bond motifs is 1. The van der Waals surface area contributed by atoms with E-state index in [4.69, 9.17) is 11.6 Å². The average Bonchev–Trinajstić information content (AvgIpc) is 2.51. The molecule has 0 atom stereocenters. The number of halogens is 2. The first-order chi connectivity index (χ1) is 11.6. The van der Waals surface area contributed by atoms with Crippen LogP contribution in [0, 0.1) is 5.82 Å². The molecule has 0 amide bonds. The lowest BCUT2D eigenvalue weighted by molar-refractivity contribution is 0.237. The molecule has 1 aliphatic rings. The Labute approximate surface area is 150 Å². The second-order valence-electron chi connectivity index (χ2n) is 7.45. The highest BCUT2D eigenvalue weighted by Gasteiger charge is 2.25. The van der Waals surface area contributed by atoms with Crippen molar-refractivity contribution in [3.8, 4) is 5.75 Å². The molecule has 2 heterocycles. The number of aromatic amines is 1. The molecule has 0 fully saturated rings. The van der Waals surface area contributed by atoms with E-state index in [1.165, 1.54) is 6.07 Å². The predicted octanol–water partition coefficient (Wildman–Crippen LogP) is 3.12. The Morgan fingerprint density at radius 3 is 2.80 bits per heavy atom. The van der Waals surface area contributed by atoms with E-state index in [0.717, 1.165) is 11.8 Å². The molecular formula is C18H21ClFN3O2. The molecule has 3 rings (SSSR count). The summed E-state index contributed by atoms with van der Waals surface area (Å²) in [6, 6.07) is 2.34. The lowest BCUT2D eigenvalue weighted by atomic mass is 9.95. The van der Waals surface area contributed by atoms with Gasteiger partial charge in [-0.15, -0.1) is 0 Å². The number of H-pyrrole nitrogens is 1. The Balaban J connectivity index is 1.86. The summed E-state index contributed by atoms with van der Waals surface area (Å²) in [4.78, 5) is 21.9. The number of nitrogens with one attached hydrogen (secondary N) is 1. The topological polar surface area (TPSA) is 69.2 Å². The first kappa shape index (κ1) is 17.9. The van der Waals surface area contributed by atoms with Crippen LogP contribution in [0.5, 0.6) is 5.75 Å². The number of hydrogen-bond donors (Lipinski definition) is 2. The molecule has 0 bridgehead atoms. The molecule has 0 radical (unpaired) electrons. The molecule has 1 aliphatic heterocycles. The quantitative estimate of drug-likeness (QED) is 0.858. The monoisotopic (exact) mass is 365 g/mol. The van der Waals surface area contributed by atoms with Crippen molar-refractivity contribution in [1.82, 2.24) is 14.9 Å². The second kappa shape index (κ2) is 6.42. The van der Waals surface area contributed by atoms with E-state index < -0.39 is 5.82 Å². The van der Waals surface area contributed by atoms with E-state index in [2.05, 4.69) is 9.97 Å². The van der Waals surface area contributed by atoms with Gasteiger partial charge in [0.05, 0.1) is 16.3 Å². The molecule has 25 heavy (non-hydrogen) atoms. The molecule has 0 unspecified atom stereocenters. The fraction of sp³-hybridized carbons (Fsp3) is 0.444. The summed E-state index contributed by atoms with van der Waals surface area (Å²) in [5.74, 6) is 0.0628. The molecule has 134 valence electrons. The molecule has 1 aromatic carbocycles. The zero-order chi connectivity index (χ0) is 18.4. The van der Waals surface area contributed by atoms with Gasteiger partial charge in [0, 0.05) is 37.0 Å². The van der Waals surface area contributed by atoms with E-state index in [1.54, 1.807) is 0 Å². The van der Waals surface area contributed by atoms with Crippen LogP contribution >= 0.6 is 11.6 Å².